The van der Waals surface area contributed by atoms with E-state index in [0.29, 0.717) is 19.8 Å². The predicted octanol–water partition coefficient (Wildman–Crippen LogP) is 4.44. The van der Waals surface area contributed by atoms with E-state index in [2.05, 4.69) is 15.4 Å². The molecule has 0 aliphatic carbocycles. The minimum atomic E-state index is -2.07. The summed E-state index contributed by atoms with van der Waals surface area (Å²) in [5.74, 6) is -8.67. The number of morpholine rings is 1. The van der Waals surface area contributed by atoms with Crippen LogP contribution in [0.5, 0.6) is 23.0 Å². The first kappa shape index (κ1) is 46.9. The van der Waals surface area contributed by atoms with Crippen LogP contribution in [0.1, 0.15) is 70.0 Å². The number of anilines is 1. The molecule has 17 heteroatoms. The van der Waals surface area contributed by atoms with Crippen molar-refractivity contribution >= 4 is 40.3 Å². The number of Topliss-reactive ketones (excluding diaryl/α,β-unsaturated/α-hetero) is 1. The molecule has 0 radical (unpaired) electrons. The Balaban J connectivity index is 1.65. The Bertz CT molecular complexity index is 2090. The highest BCUT2D eigenvalue weighted by molar-refractivity contribution is 6.23. The highest BCUT2D eigenvalue weighted by Crippen LogP contribution is 2.55. The third-order valence-electron chi connectivity index (χ3n) is 11.9. The summed E-state index contributed by atoms with van der Waals surface area (Å²) in [5.41, 5.74) is -0.623. The van der Waals surface area contributed by atoms with Gasteiger partial charge in [0.2, 0.25) is 0 Å². The molecule has 1 amide bonds. The molecule has 9 atom stereocenters. The van der Waals surface area contributed by atoms with Crippen molar-refractivity contribution in [2.45, 2.75) is 85.6 Å². The molecule has 61 heavy (non-hydrogen) atoms. The van der Waals surface area contributed by atoms with Crippen LogP contribution in [0.25, 0.3) is 10.8 Å². The van der Waals surface area contributed by atoms with Crippen molar-refractivity contribution in [3.8, 4) is 23.0 Å². The van der Waals surface area contributed by atoms with Gasteiger partial charge in [0.15, 0.2) is 5.75 Å². The lowest BCUT2D eigenvalue weighted by atomic mass is 9.78. The normalized spacial score (nSPS) is 31.3. The number of rotatable bonds is 7. The number of methoxy groups -OCH3 is 1. The Morgan fingerprint density at radius 1 is 0.984 bits per heavy atom. The molecule has 1 saturated heterocycles. The number of fused-ring (bicyclic) bond motifs is 14. The van der Waals surface area contributed by atoms with Crippen LogP contribution in [-0.4, -0.2) is 131 Å². The van der Waals surface area contributed by atoms with E-state index in [0.717, 1.165) is 19.3 Å². The van der Waals surface area contributed by atoms with Crippen LogP contribution in [0.4, 0.5) is 5.69 Å². The third kappa shape index (κ3) is 9.81. The number of benzene rings is 2. The minimum absolute atomic E-state index is 0.0319. The number of allylic oxidation sites excluding steroid dienone is 2. The summed E-state index contributed by atoms with van der Waals surface area (Å²) in [6, 6.07) is 0. The zero-order valence-electron chi connectivity index (χ0n) is 36.1. The van der Waals surface area contributed by atoms with Crippen molar-refractivity contribution in [3.05, 3.63) is 52.8 Å². The van der Waals surface area contributed by atoms with Crippen LogP contribution in [0.3, 0.4) is 0 Å². The van der Waals surface area contributed by atoms with E-state index in [4.69, 9.17) is 28.5 Å². The molecule has 0 saturated carbocycles. The lowest BCUT2D eigenvalue weighted by Crippen LogP contribution is -2.46. The number of carbonyl (C=O) groups excluding carboxylic acids is 3. The van der Waals surface area contributed by atoms with Gasteiger partial charge in [-0.1, -0.05) is 51.1 Å². The summed E-state index contributed by atoms with van der Waals surface area (Å²) >= 11 is 0. The SMILES string of the molecule is CO[C@H]1/C=C/O[C@@]2(C)Oc3c(C)c(O)c4c(O)c(c(/C=N/OCCN5CCOCC5)c(O)c4c3C2=O)NC(=O)/C(C)=C/C=C/[C@H](C)[C@H](O)[C@@H](C)[C@@H](O)[C@@H](C)[C@H](OC(C)=O)[C@@H]1C. The average Bonchev–Trinajstić information content (AvgIpc) is 3.50. The fourth-order valence-corrected chi connectivity index (χ4v) is 8.01. The number of hydrogen-bond acceptors (Lipinski definition) is 16. The molecular formula is C44H59N3O14. The fraction of sp³-hybridized carbons (Fsp3) is 0.545. The largest absolute Gasteiger partial charge is 0.507 e. The van der Waals surface area contributed by atoms with Gasteiger partial charge in [0, 0.05) is 80.8 Å². The number of hydrogen-bond donors (Lipinski definition) is 6. The number of nitrogens with zero attached hydrogens (tertiary/aromatic N) is 2. The van der Waals surface area contributed by atoms with Gasteiger partial charge in [-0.05, 0) is 19.9 Å². The summed E-state index contributed by atoms with van der Waals surface area (Å²) in [4.78, 5) is 48.1. The third-order valence-corrected chi connectivity index (χ3v) is 11.9. The van der Waals surface area contributed by atoms with Crippen LogP contribution < -0.4 is 10.1 Å². The molecule has 6 rings (SSSR count). The molecule has 4 aliphatic heterocycles. The zero-order valence-corrected chi connectivity index (χ0v) is 36.1. The smallest absolute Gasteiger partial charge is 0.312 e. The van der Waals surface area contributed by atoms with Gasteiger partial charge in [-0.3, -0.25) is 19.3 Å². The number of oxime groups is 1. The van der Waals surface area contributed by atoms with Crippen molar-refractivity contribution < 1.29 is 68.4 Å². The van der Waals surface area contributed by atoms with Crippen molar-refractivity contribution in [2.24, 2.45) is 28.8 Å². The molecule has 2 aromatic rings. The fourth-order valence-electron chi connectivity index (χ4n) is 8.01. The van der Waals surface area contributed by atoms with Gasteiger partial charge in [0.05, 0.1) is 66.2 Å². The summed E-state index contributed by atoms with van der Waals surface area (Å²) in [6.07, 6.45) is 4.53. The van der Waals surface area contributed by atoms with Crippen molar-refractivity contribution in [1.82, 2.24) is 4.90 Å². The monoisotopic (exact) mass is 853 g/mol. The number of aliphatic hydroxyl groups excluding tert-OH is 2. The number of phenolic OH excluding ortho intramolecular Hbond substituents is 3. The van der Waals surface area contributed by atoms with Gasteiger partial charge in [0.25, 0.3) is 11.7 Å². The van der Waals surface area contributed by atoms with Crippen LogP contribution in [0.2, 0.25) is 0 Å². The van der Waals surface area contributed by atoms with E-state index < -0.39 is 88.8 Å². The Morgan fingerprint density at radius 3 is 2.33 bits per heavy atom. The van der Waals surface area contributed by atoms with E-state index >= 15 is 0 Å². The Labute approximate surface area is 355 Å². The molecule has 2 aromatic carbocycles. The maximum Gasteiger partial charge on any atom is 0.312 e. The van der Waals surface area contributed by atoms with Crippen LogP contribution in [0.15, 0.2) is 41.3 Å². The molecule has 17 nitrogen and oxygen atoms in total. The van der Waals surface area contributed by atoms with Crippen LogP contribution >= 0.6 is 0 Å². The molecule has 4 heterocycles. The molecule has 0 unspecified atom stereocenters. The number of aliphatic hydroxyl groups is 2. The van der Waals surface area contributed by atoms with Crippen molar-refractivity contribution in [1.29, 1.82) is 0 Å². The maximum atomic E-state index is 14.4. The molecule has 5 bridgehead atoms. The summed E-state index contributed by atoms with van der Waals surface area (Å²) < 4.78 is 28.9. The molecule has 1 fully saturated rings. The molecule has 6 N–H and O–H groups in total. The van der Waals surface area contributed by atoms with Crippen LogP contribution in [-0.2, 0) is 33.4 Å². The van der Waals surface area contributed by atoms with Gasteiger partial charge < -0.3 is 59.4 Å². The topological polar surface area (TPSA) is 235 Å². The lowest BCUT2D eigenvalue weighted by molar-refractivity contribution is -0.160. The van der Waals surface area contributed by atoms with Gasteiger partial charge in [0.1, 0.15) is 30.0 Å². The Morgan fingerprint density at radius 2 is 1.67 bits per heavy atom. The second kappa shape index (κ2) is 19.7. The van der Waals surface area contributed by atoms with E-state index in [1.54, 1.807) is 39.8 Å². The molecule has 0 spiro atoms. The Hall–Kier alpha value is -5.20. The average molecular weight is 854 g/mol. The minimum Gasteiger partial charge on any atom is -0.507 e. The first-order chi connectivity index (χ1) is 28.8. The number of nitrogens with one attached hydrogen (secondary N) is 1. The number of esters is 1. The van der Waals surface area contributed by atoms with Crippen LogP contribution in [0, 0.1) is 30.6 Å². The number of amides is 1. The number of aromatic hydroxyl groups is 3. The quantitative estimate of drug-likeness (QED) is 0.0564. The van der Waals surface area contributed by atoms with Gasteiger partial charge in [-0.25, -0.2) is 0 Å². The number of ether oxygens (including phenoxy) is 5. The molecule has 4 aliphatic rings. The number of phenols is 3. The summed E-state index contributed by atoms with van der Waals surface area (Å²) in [5, 5.41) is 64.3. The maximum absolute atomic E-state index is 14.4. The summed E-state index contributed by atoms with van der Waals surface area (Å²) in [7, 11) is 1.43. The standard InChI is InChI=1S/C44H59N3O14/c1-22-11-10-12-23(2)43(55)46-34-29(21-45-59-20-16-47-14-18-57-19-15-47)38(52)31-32(39(34)53)37(51)27(6)41-33(31)42(54)44(8,61-41)58-17-13-30(56-9)24(3)40(60-28(7)48)26(5)36(50)25(4)35(22)49/h10-13,17,21-22,24-26,30,35-36,40,49-53H,14-16,18-20H2,1-9H3,(H,46,55)/b11-10+,17-13+,23-12+,45-21+/t22-,24+,25+,26+,30-,35-,36+,40+,44-/m0/s1. The molecular weight excluding hydrogens is 794 g/mol. The van der Waals surface area contributed by atoms with Crippen molar-refractivity contribution in [2.75, 3.05) is 51.9 Å². The highest BCUT2D eigenvalue weighted by Gasteiger charge is 2.50. The summed E-state index contributed by atoms with van der Waals surface area (Å²) in [6.45, 7) is 15.7. The molecule has 334 valence electrons. The second-order valence-corrected chi connectivity index (χ2v) is 16.1. The van der Waals surface area contributed by atoms with E-state index in [1.807, 2.05) is 0 Å². The zero-order chi connectivity index (χ0) is 44.9. The number of carbonyl (C=O) groups is 3. The van der Waals surface area contributed by atoms with Crippen molar-refractivity contribution in [3.63, 3.8) is 0 Å². The second-order valence-electron chi connectivity index (χ2n) is 16.1. The number of ketones is 1. The van der Waals surface area contributed by atoms with E-state index in [-0.39, 0.29) is 51.1 Å². The predicted molar refractivity (Wildman–Crippen MR) is 225 cm³/mol. The molecule has 0 aromatic heterocycles. The van der Waals surface area contributed by atoms with E-state index in [1.165, 1.54) is 53.2 Å². The first-order valence-electron chi connectivity index (χ1n) is 20.4. The van der Waals surface area contributed by atoms with Gasteiger partial charge in [-0.2, -0.15) is 0 Å². The van der Waals surface area contributed by atoms with Gasteiger partial charge >= 0.3 is 11.8 Å². The highest BCUT2D eigenvalue weighted by atomic mass is 16.7. The van der Waals surface area contributed by atoms with Gasteiger partial charge in [-0.15, -0.1) is 0 Å². The van der Waals surface area contributed by atoms with E-state index in [9.17, 15) is 39.9 Å². The first-order valence-corrected chi connectivity index (χ1v) is 20.4. The Kier molecular flexibility index (Phi) is 15.1. The lowest BCUT2D eigenvalue weighted by Gasteiger charge is -2.38.